The molecule has 0 spiro atoms. The lowest BCUT2D eigenvalue weighted by atomic mass is 9.82. The minimum atomic E-state index is -0.743. The molecule has 2 aromatic carbocycles. The van der Waals surface area contributed by atoms with Crippen LogP contribution in [0.3, 0.4) is 0 Å². The van der Waals surface area contributed by atoms with E-state index >= 15 is 0 Å². The van der Waals surface area contributed by atoms with Crippen molar-refractivity contribution >= 4 is 11.9 Å². The van der Waals surface area contributed by atoms with Gasteiger partial charge in [0.05, 0.1) is 45.5 Å². The zero-order chi connectivity index (χ0) is 23.1. The molecule has 7 heteroatoms. The molecule has 0 radical (unpaired) electrons. The first-order valence-electron chi connectivity index (χ1n) is 10.1. The molecular weight excluding hydrogens is 410 g/mol. The van der Waals surface area contributed by atoms with E-state index in [1.54, 1.807) is 30.6 Å². The normalized spacial score (nSPS) is 13.7. The summed E-state index contributed by atoms with van der Waals surface area (Å²) >= 11 is 0. The molecule has 7 nitrogen and oxygen atoms in total. The van der Waals surface area contributed by atoms with Crippen LogP contribution in [0.25, 0.3) is 0 Å². The van der Waals surface area contributed by atoms with Gasteiger partial charge in [-0.05, 0) is 18.1 Å². The fraction of sp³-hybridized carbons (Fsp3) is 0.280. The van der Waals surface area contributed by atoms with E-state index in [2.05, 4.69) is 0 Å². The maximum absolute atomic E-state index is 12.8. The van der Waals surface area contributed by atoms with Crippen molar-refractivity contribution in [3.05, 3.63) is 83.2 Å². The van der Waals surface area contributed by atoms with Gasteiger partial charge < -0.3 is 23.8 Å². The molecule has 168 valence electrons. The molecular formula is C25H27NO6. The minimum absolute atomic E-state index is 0.301. The van der Waals surface area contributed by atoms with Crippen LogP contribution in [0, 0.1) is 0 Å². The van der Waals surface area contributed by atoms with Gasteiger partial charge in [0.1, 0.15) is 0 Å². The lowest BCUT2D eigenvalue weighted by molar-refractivity contribution is -0.137. The van der Waals surface area contributed by atoms with E-state index in [4.69, 9.17) is 18.9 Å². The average molecular weight is 437 g/mol. The van der Waals surface area contributed by atoms with Crippen LogP contribution in [-0.2, 0) is 25.5 Å². The second-order valence-electron chi connectivity index (χ2n) is 7.14. The molecule has 0 unspecified atom stereocenters. The number of hydrogen-bond acceptors (Lipinski definition) is 7. The van der Waals surface area contributed by atoms with Gasteiger partial charge in [-0.2, -0.15) is 0 Å². The molecule has 32 heavy (non-hydrogen) atoms. The first-order valence-corrected chi connectivity index (χ1v) is 10.1. The van der Waals surface area contributed by atoms with Crippen molar-refractivity contribution in [3.8, 4) is 11.5 Å². The standard InChI is InChI=1S/C25H27NO6/c1-29-21-12-8-11-18(23(21)30-2)22-19(24(27)31-3)15-26(16-20(22)25(28)32-4)14-13-17-9-6-5-7-10-17/h5-12,15-16,22H,13-14H2,1-4H3. The van der Waals surface area contributed by atoms with E-state index in [-0.39, 0.29) is 0 Å². The fourth-order valence-electron chi connectivity index (χ4n) is 3.79. The summed E-state index contributed by atoms with van der Waals surface area (Å²) in [5, 5.41) is 0. The van der Waals surface area contributed by atoms with E-state index in [0.717, 1.165) is 12.0 Å². The Bertz CT molecular complexity index is 994. The van der Waals surface area contributed by atoms with Crippen LogP contribution in [0.2, 0.25) is 0 Å². The first kappa shape index (κ1) is 22.9. The summed E-state index contributed by atoms with van der Waals surface area (Å²) in [5.41, 5.74) is 2.35. The summed E-state index contributed by atoms with van der Waals surface area (Å²) in [6.45, 7) is 0.562. The Morgan fingerprint density at radius 1 is 0.812 bits per heavy atom. The van der Waals surface area contributed by atoms with E-state index in [1.807, 2.05) is 35.2 Å². The molecule has 1 aliphatic rings. The Hall–Kier alpha value is -3.74. The van der Waals surface area contributed by atoms with Crippen molar-refractivity contribution in [1.82, 2.24) is 4.90 Å². The van der Waals surface area contributed by atoms with E-state index in [0.29, 0.717) is 34.8 Å². The smallest absolute Gasteiger partial charge is 0.336 e. The Balaban J connectivity index is 2.08. The number of para-hydroxylation sites is 1. The number of rotatable bonds is 8. The molecule has 0 N–H and O–H groups in total. The molecule has 1 heterocycles. The lowest BCUT2D eigenvalue weighted by Crippen LogP contribution is -2.30. The van der Waals surface area contributed by atoms with Gasteiger partial charge >= 0.3 is 11.9 Å². The van der Waals surface area contributed by atoms with Gasteiger partial charge in [0, 0.05) is 24.5 Å². The Labute approximate surface area is 187 Å². The van der Waals surface area contributed by atoms with Gasteiger partial charge in [0.2, 0.25) is 0 Å². The number of carbonyl (C=O) groups excluding carboxylic acids is 2. The number of esters is 2. The van der Waals surface area contributed by atoms with Crippen LogP contribution in [0.5, 0.6) is 11.5 Å². The van der Waals surface area contributed by atoms with Crippen molar-refractivity contribution < 1.29 is 28.5 Å². The predicted octanol–water partition coefficient (Wildman–Crippen LogP) is 3.46. The second kappa shape index (κ2) is 10.5. The summed E-state index contributed by atoms with van der Waals surface area (Å²) in [6.07, 6.45) is 4.15. The summed E-state index contributed by atoms with van der Waals surface area (Å²) in [7, 11) is 5.67. The average Bonchev–Trinajstić information content (AvgIpc) is 2.85. The van der Waals surface area contributed by atoms with Gasteiger partial charge in [-0.15, -0.1) is 0 Å². The monoisotopic (exact) mass is 437 g/mol. The van der Waals surface area contributed by atoms with Crippen molar-refractivity contribution in [1.29, 1.82) is 0 Å². The third-order valence-corrected chi connectivity index (χ3v) is 5.32. The molecule has 0 aliphatic carbocycles. The number of nitrogens with zero attached hydrogens (tertiary/aromatic N) is 1. The van der Waals surface area contributed by atoms with E-state index < -0.39 is 17.9 Å². The van der Waals surface area contributed by atoms with Crippen LogP contribution in [0.4, 0.5) is 0 Å². The molecule has 0 saturated heterocycles. The molecule has 0 bridgehead atoms. The van der Waals surface area contributed by atoms with E-state index in [9.17, 15) is 9.59 Å². The fourth-order valence-corrected chi connectivity index (χ4v) is 3.79. The molecule has 0 aromatic heterocycles. The lowest BCUT2D eigenvalue weighted by Gasteiger charge is -2.31. The number of benzene rings is 2. The van der Waals surface area contributed by atoms with Crippen molar-refractivity contribution in [2.24, 2.45) is 0 Å². The number of carbonyl (C=O) groups is 2. The topological polar surface area (TPSA) is 74.3 Å². The van der Waals surface area contributed by atoms with Gasteiger partial charge in [-0.3, -0.25) is 0 Å². The molecule has 3 rings (SSSR count). The summed E-state index contributed by atoms with van der Waals surface area (Å²) in [6, 6.07) is 15.3. The summed E-state index contributed by atoms with van der Waals surface area (Å²) < 4.78 is 21.1. The predicted molar refractivity (Wildman–Crippen MR) is 119 cm³/mol. The van der Waals surface area contributed by atoms with Crippen LogP contribution in [0.15, 0.2) is 72.1 Å². The second-order valence-corrected chi connectivity index (χ2v) is 7.14. The SMILES string of the molecule is COC(=O)C1=CN(CCc2ccccc2)C=C(C(=O)OC)C1c1cccc(OC)c1OC. The summed E-state index contributed by atoms with van der Waals surface area (Å²) in [5.74, 6) is -0.904. The highest BCUT2D eigenvalue weighted by molar-refractivity contribution is 5.99. The highest BCUT2D eigenvalue weighted by Gasteiger charge is 2.37. The Morgan fingerprint density at radius 3 is 1.97 bits per heavy atom. The van der Waals surface area contributed by atoms with Crippen LogP contribution < -0.4 is 9.47 Å². The number of ether oxygens (including phenoxy) is 4. The van der Waals surface area contributed by atoms with Crippen molar-refractivity contribution in [2.75, 3.05) is 35.0 Å². The molecule has 2 aromatic rings. The third-order valence-electron chi connectivity index (χ3n) is 5.32. The molecule has 0 atom stereocenters. The zero-order valence-electron chi connectivity index (χ0n) is 18.7. The zero-order valence-corrected chi connectivity index (χ0v) is 18.7. The first-order chi connectivity index (χ1) is 15.5. The van der Waals surface area contributed by atoms with Crippen LogP contribution >= 0.6 is 0 Å². The summed E-state index contributed by atoms with van der Waals surface area (Å²) in [4.78, 5) is 27.4. The van der Waals surface area contributed by atoms with Gasteiger partial charge in [0.15, 0.2) is 11.5 Å². The van der Waals surface area contributed by atoms with Crippen molar-refractivity contribution in [2.45, 2.75) is 12.3 Å². The molecule has 0 saturated carbocycles. The largest absolute Gasteiger partial charge is 0.493 e. The molecule has 0 amide bonds. The van der Waals surface area contributed by atoms with Gasteiger partial charge in [0.25, 0.3) is 0 Å². The van der Waals surface area contributed by atoms with Crippen molar-refractivity contribution in [3.63, 3.8) is 0 Å². The Kier molecular flexibility index (Phi) is 7.54. The maximum atomic E-state index is 12.8. The third kappa shape index (κ3) is 4.77. The molecule has 0 fully saturated rings. The number of hydrogen-bond donors (Lipinski definition) is 0. The van der Waals surface area contributed by atoms with E-state index in [1.165, 1.54) is 28.4 Å². The number of methoxy groups -OCH3 is 4. The Morgan fingerprint density at radius 2 is 1.44 bits per heavy atom. The quantitative estimate of drug-likeness (QED) is 0.586. The minimum Gasteiger partial charge on any atom is -0.493 e. The highest BCUT2D eigenvalue weighted by atomic mass is 16.5. The van der Waals surface area contributed by atoms with Crippen LogP contribution in [0.1, 0.15) is 17.0 Å². The van der Waals surface area contributed by atoms with Gasteiger partial charge in [-0.25, -0.2) is 9.59 Å². The highest BCUT2D eigenvalue weighted by Crippen LogP contribution is 2.44. The maximum Gasteiger partial charge on any atom is 0.336 e. The molecule has 1 aliphatic heterocycles. The van der Waals surface area contributed by atoms with Gasteiger partial charge in [-0.1, -0.05) is 42.5 Å². The van der Waals surface area contributed by atoms with Crippen LogP contribution in [-0.4, -0.2) is 51.8 Å².